The first kappa shape index (κ1) is 10.0. The fourth-order valence-corrected chi connectivity index (χ4v) is 1.42. The van der Waals surface area contributed by atoms with E-state index >= 15 is 0 Å². The van der Waals surface area contributed by atoms with Gasteiger partial charge in [0.2, 0.25) is 0 Å². The van der Waals surface area contributed by atoms with Crippen LogP contribution < -0.4 is 5.32 Å². The Labute approximate surface area is 89.6 Å². The molecule has 1 rings (SSSR count). The molecule has 0 atom stereocenters. The number of halogens is 1. The highest BCUT2D eigenvalue weighted by atomic mass is 127. The number of aromatic carboxylic acids is 1. The minimum Gasteiger partial charge on any atom is -0.478 e. The summed E-state index contributed by atoms with van der Waals surface area (Å²) in [6.07, 6.45) is 1.46. The zero-order chi connectivity index (χ0) is 9.84. The minimum absolute atomic E-state index is 0.250. The van der Waals surface area contributed by atoms with Crippen molar-refractivity contribution in [2.75, 3.05) is 5.32 Å². The molecule has 0 saturated heterocycles. The number of hydrogen-bond donors (Lipinski definition) is 2. The first-order valence-electron chi connectivity index (χ1n) is 3.55. The van der Waals surface area contributed by atoms with Gasteiger partial charge >= 0.3 is 5.97 Å². The number of carboxylic acid groups (broad SMARTS) is 1. The highest BCUT2D eigenvalue weighted by molar-refractivity contribution is 14.1. The zero-order valence-electron chi connectivity index (χ0n) is 6.75. The van der Waals surface area contributed by atoms with E-state index in [-0.39, 0.29) is 5.56 Å². The summed E-state index contributed by atoms with van der Waals surface area (Å²) in [6.45, 7) is 3.48. The van der Waals surface area contributed by atoms with Gasteiger partial charge in [-0.15, -0.1) is 0 Å². The molecular formula is C9H8INO2. The summed E-state index contributed by atoms with van der Waals surface area (Å²) in [5.74, 6) is -0.944. The van der Waals surface area contributed by atoms with Gasteiger partial charge in [0, 0.05) is 3.57 Å². The molecule has 1 aromatic rings. The standard InChI is InChI=1S/C9H8INO2/c1-2-11-8-5-6(10)3-4-7(8)9(12)13/h2-5,11H,1H2,(H,12,13). The smallest absolute Gasteiger partial charge is 0.337 e. The van der Waals surface area contributed by atoms with Crippen LogP contribution in [-0.4, -0.2) is 11.1 Å². The van der Waals surface area contributed by atoms with Gasteiger partial charge < -0.3 is 10.4 Å². The van der Waals surface area contributed by atoms with E-state index in [1.165, 1.54) is 6.20 Å². The Hall–Kier alpha value is -1.04. The normalized spacial score (nSPS) is 9.31. The monoisotopic (exact) mass is 289 g/mol. The van der Waals surface area contributed by atoms with Crippen molar-refractivity contribution in [2.45, 2.75) is 0 Å². The fraction of sp³-hybridized carbons (Fsp3) is 0. The average Bonchev–Trinajstić information content (AvgIpc) is 2.04. The maximum absolute atomic E-state index is 10.7. The Morgan fingerprint density at radius 2 is 2.31 bits per heavy atom. The Kier molecular flexibility index (Phi) is 3.30. The summed E-state index contributed by atoms with van der Waals surface area (Å²) in [5, 5.41) is 11.6. The highest BCUT2D eigenvalue weighted by Gasteiger charge is 2.08. The van der Waals surface area contributed by atoms with Crippen LogP contribution in [0.3, 0.4) is 0 Å². The second kappa shape index (κ2) is 4.27. The SMILES string of the molecule is C=CNc1cc(I)ccc1C(=O)O. The lowest BCUT2D eigenvalue weighted by Crippen LogP contribution is -2.01. The van der Waals surface area contributed by atoms with Gasteiger partial charge in [0.15, 0.2) is 0 Å². The molecule has 68 valence electrons. The number of benzene rings is 1. The lowest BCUT2D eigenvalue weighted by atomic mass is 10.2. The number of carbonyl (C=O) groups is 1. The van der Waals surface area contributed by atoms with E-state index in [1.54, 1.807) is 18.2 Å². The van der Waals surface area contributed by atoms with Crippen molar-refractivity contribution in [1.82, 2.24) is 0 Å². The maximum Gasteiger partial charge on any atom is 0.337 e. The van der Waals surface area contributed by atoms with Crippen LogP contribution in [0.5, 0.6) is 0 Å². The molecule has 4 heteroatoms. The van der Waals surface area contributed by atoms with Crippen molar-refractivity contribution in [1.29, 1.82) is 0 Å². The molecule has 0 amide bonds. The van der Waals surface area contributed by atoms with Gasteiger partial charge in [0.25, 0.3) is 0 Å². The fourth-order valence-electron chi connectivity index (χ4n) is 0.932. The molecule has 0 aliphatic carbocycles. The molecule has 13 heavy (non-hydrogen) atoms. The van der Waals surface area contributed by atoms with Gasteiger partial charge in [0.1, 0.15) is 0 Å². The number of hydrogen-bond acceptors (Lipinski definition) is 2. The third-order valence-corrected chi connectivity index (χ3v) is 2.14. The minimum atomic E-state index is -0.944. The van der Waals surface area contributed by atoms with Crippen LogP contribution in [0.2, 0.25) is 0 Å². The van der Waals surface area contributed by atoms with Crippen LogP contribution in [0.25, 0.3) is 0 Å². The largest absolute Gasteiger partial charge is 0.478 e. The summed E-state index contributed by atoms with van der Waals surface area (Å²) in [4.78, 5) is 10.7. The maximum atomic E-state index is 10.7. The predicted molar refractivity (Wildman–Crippen MR) is 59.9 cm³/mol. The Morgan fingerprint density at radius 3 is 2.85 bits per heavy atom. The van der Waals surface area contributed by atoms with Crippen LogP contribution in [0, 0.1) is 3.57 Å². The Balaban J connectivity index is 3.17. The van der Waals surface area contributed by atoms with E-state index in [0.717, 1.165) is 3.57 Å². The molecular weight excluding hydrogens is 281 g/mol. The zero-order valence-corrected chi connectivity index (χ0v) is 8.91. The van der Waals surface area contributed by atoms with Gasteiger partial charge in [-0.1, -0.05) is 6.58 Å². The Morgan fingerprint density at radius 1 is 1.62 bits per heavy atom. The van der Waals surface area contributed by atoms with Crippen LogP contribution in [0.15, 0.2) is 31.0 Å². The molecule has 2 N–H and O–H groups in total. The summed E-state index contributed by atoms with van der Waals surface area (Å²) in [6, 6.07) is 5.07. The summed E-state index contributed by atoms with van der Waals surface area (Å²) in [5.41, 5.74) is 0.815. The van der Waals surface area contributed by atoms with E-state index in [9.17, 15) is 4.79 Å². The van der Waals surface area contributed by atoms with Gasteiger partial charge in [-0.25, -0.2) is 4.79 Å². The number of anilines is 1. The molecule has 0 bridgehead atoms. The van der Waals surface area contributed by atoms with Crippen molar-refractivity contribution in [3.8, 4) is 0 Å². The van der Waals surface area contributed by atoms with Crippen molar-refractivity contribution in [3.05, 3.63) is 40.1 Å². The van der Waals surface area contributed by atoms with Crippen LogP contribution in [-0.2, 0) is 0 Å². The van der Waals surface area contributed by atoms with Crippen molar-refractivity contribution < 1.29 is 9.90 Å². The van der Waals surface area contributed by atoms with E-state index in [0.29, 0.717) is 5.69 Å². The molecule has 0 aromatic heterocycles. The molecule has 0 spiro atoms. The molecule has 0 fully saturated rings. The second-order valence-electron chi connectivity index (χ2n) is 2.34. The van der Waals surface area contributed by atoms with Crippen molar-refractivity contribution in [2.24, 2.45) is 0 Å². The van der Waals surface area contributed by atoms with Crippen LogP contribution in [0.4, 0.5) is 5.69 Å². The first-order chi connectivity index (χ1) is 6.15. The number of rotatable bonds is 3. The second-order valence-corrected chi connectivity index (χ2v) is 3.59. The Bertz CT molecular complexity index is 349. The summed E-state index contributed by atoms with van der Waals surface area (Å²) < 4.78 is 0.979. The van der Waals surface area contributed by atoms with Crippen LogP contribution in [0.1, 0.15) is 10.4 Å². The highest BCUT2D eigenvalue weighted by Crippen LogP contribution is 2.18. The third kappa shape index (κ3) is 2.45. The molecule has 0 heterocycles. The van der Waals surface area contributed by atoms with Crippen molar-refractivity contribution in [3.63, 3.8) is 0 Å². The van der Waals surface area contributed by atoms with Crippen molar-refractivity contribution >= 4 is 34.2 Å². The van der Waals surface area contributed by atoms with Gasteiger partial charge in [-0.05, 0) is 47.0 Å². The van der Waals surface area contributed by atoms with E-state index in [4.69, 9.17) is 5.11 Å². The number of nitrogens with one attached hydrogen (secondary N) is 1. The molecule has 0 unspecified atom stereocenters. The first-order valence-corrected chi connectivity index (χ1v) is 4.63. The van der Waals surface area contributed by atoms with Crippen LogP contribution >= 0.6 is 22.6 Å². The lowest BCUT2D eigenvalue weighted by molar-refractivity contribution is 0.0698. The topological polar surface area (TPSA) is 49.3 Å². The summed E-state index contributed by atoms with van der Waals surface area (Å²) >= 11 is 2.12. The number of carboxylic acids is 1. The predicted octanol–water partition coefficient (Wildman–Crippen LogP) is 2.54. The molecule has 1 aromatic carbocycles. The van der Waals surface area contributed by atoms with E-state index < -0.39 is 5.97 Å². The molecule has 0 aliphatic heterocycles. The van der Waals surface area contributed by atoms with E-state index in [1.807, 2.05) is 0 Å². The molecule has 0 saturated carbocycles. The quantitative estimate of drug-likeness (QED) is 0.841. The van der Waals surface area contributed by atoms with Gasteiger partial charge in [-0.2, -0.15) is 0 Å². The molecule has 3 nitrogen and oxygen atoms in total. The molecule has 0 radical (unpaired) electrons. The van der Waals surface area contributed by atoms with E-state index in [2.05, 4.69) is 34.5 Å². The average molecular weight is 289 g/mol. The summed E-state index contributed by atoms with van der Waals surface area (Å²) in [7, 11) is 0. The third-order valence-electron chi connectivity index (χ3n) is 1.47. The molecule has 0 aliphatic rings. The lowest BCUT2D eigenvalue weighted by Gasteiger charge is -2.05. The van der Waals surface area contributed by atoms with Gasteiger partial charge in [-0.3, -0.25) is 0 Å². The van der Waals surface area contributed by atoms with Gasteiger partial charge in [0.05, 0.1) is 11.3 Å².